The van der Waals surface area contributed by atoms with Crippen LogP contribution < -0.4 is 4.72 Å². The Balaban J connectivity index is 2.06. The molecule has 0 saturated heterocycles. The predicted octanol–water partition coefficient (Wildman–Crippen LogP) is -0.387. The van der Waals surface area contributed by atoms with E-state index in [-0.39, 0.29) is 11.6 Å². The Morgan fingerprint density at radius 3 is 2.75 bits per heavy atom. The van der Waals surface area contributed by atoms with Gasteiger partial charge in [0.05, 0.1) is 11.8 Å². The van der Waals surface area contributed by atoms with Gasteiger partial charge in [-0.3, -0.25) is 4.68 Å². The minimum Gasteiger partial charge on any atom is -0.389 e. The van der Waals surface area contributed by atoms with Gasteiger partial charge in [-0.1, -0.05) is 0 Å². The van der Waals surface area contributed by atoms with Crippen LogP contribution in [0.25, 0.3) is 0 Å². The van der Waals surface area contributed by atoms with Crippen LogP contribution in [0.5, 0.6) is 0 Å². The van der Waals surface area contributed by atoms with Gasteiger partial charge in [0.25, 0.3) is 10.0 Å². The van der Waals surface area contributed by atoms with Crippen molar-refractivity contribution in [3.8, 4) is 0 Å². The fraction of sp³-hybridized carbons (Fsp3) is 0.667. The Hall–Kier alpha value is -0.920. The van der Waals surface area contributed by atoms with Crippen LogP contribution in [-0.4, -0.2) is 35.5 Å². The van der Waals surface area contributed by atoms with E-state index in [1.807, 2.05) is 0 Å². The second kappa shape index (κ2) is 3.83. The maximum Gasteiger partial charge on any atom is 0.257 e. The first-order valence-electron chi connectivity index (χ1n) is 5.13. The fourth-order valence-electron chi connectivity index (χ4n) is 1.69. The SMILES string of the molecule is Cn1nccc1S(=O)(=O)NCC1(O)CCC1. The molecule has 1 aromatic heterocycles. The van der Waals surface area contributed by atoms with E-state index < -0.39 is 15.6 Å². The van der Waals surface area contributed by atoms with Gasteiger partial charge >= 0.3 is 0 Å². The zero-order valence-corrected chi connectivity index (χ0v) is 9.87. The quantitative estimate of drug-likeness (QED) is 0.757. The van der Waals surface area contributed by atoms with E-state index in [9.17, 15) is 13.5 Å². The molecule has 1 aliphatic rings. The molecule has 0 aromatic carbocycles. The summed E-state index contributed by atoms with van der Waals surface area (Å²) in [6.07, 6.45) is 3.68. The molecule has 0 atom stereocenters. The topological polar surface area (TPSA) is 84.2 Å². The van der Waals surface area contributed by atoms with E-state index in [1.165, 1.54) is 16.9 Å². The molecule has 2 N–H and O–H groups in total. The highest BCUT2D eigenvalue weighted by molar-refractivity contribution is 7.89. The molecule has 0 radical (unpaired) electrons. The molecule has 2 rings (SSSR count). The smallest absolute Gasteiger partial charge is 0.257 e. The zero-order valence-electron chi connectivity index (χ0n) is 9.05. The summed E-state index contributed by atoms with van der Waals surface area (Å²) in [5, 5.41) is 13.7. The number of aliphatic hydroxyl groups is 1. The first-order valence-corrected chi connectivity index (χ1v) is 6.61. The summed E-state index contributed by atoms with van der Waals surface area (Å²) in [5.74, 6) is 0. The number of aromatic nitrogens is 2. The Labute approximate surface area is 94.3 Å². The molecular weight excluding hydrogens is 230 g/mol. The van der Waals surface area contributed by atoms with Gasteiger partial charge in [-0.25, -0.2) is 13.1 Å². The van der Waals surface area contributed by atoms with Crippen molar-refractivity contribution >= 4 is 10.0 Å². The lowest BCUT2D eigenvalue weighted by Crippen LogP contribution is -2.47. The van der Waals surface area contributed by atoms with E-state index in [1.54, 1.807) is 7.05 Å². The van der Waals surface area contributed by atoms with Crippen LogP contribution in [0.2, 0.25) is 0 Å². The van der Waals surface area contributed by atoms with Gasteiger partial charge in [-0.2, -0.15) is 5.10 Å². The van der Waals surface area contributed by atoms with Crippen molar-refractivity contribution in [2.45, 2.75) is 29.9 Å². The molecule has 1 aliphatic carbocycles. The third-order valence-corrected chi connectivity index (χ3v) is 4.40. The molecule has 6 nitrogen and oxygen atoms in total. The number of nitrogens with zero attached hydrogens (tertiary/aromatic N) is 2. The first kappa shape index (κ1) is 11.6. The summed E-state index contributed by atoms with van der Waals surface area (Å²) >= 11 is 0. The van der Waals surface area contributed by atoms with Gasteiger partial charge in [0.15, 0.2) is 5.03 Å². The molecule has 1 aromatic rings. The van der Waals surface area contributed by atoms with Gasteiger partial charge in [0.1, 0.15) is 0 Å². The zero-order chi connectivity index (χ0) is 11.8. The van der Waals surface area contributed by atoms with Crippen LogP contribution in [0.1, 0.15) is 19.3 Å². The van der Waals surface area contributed by atoms with Crippen molar-refractivity contribution in [1.82, 2.24) is 14.5 Å². The molecule has 0 bridgehead atoms. The lowest BCUT2D eigenvalue weighted by molar-refractivity contribution is -0.0271. The molecular formula is C9H15N3O3S. The van der Waals surface area contributed by atoms with Crippen LogP contribution in [0.3, 0.4) is 0 Å². The summed E-state index contributed by atoms with van der Waals surface area (Å²) in [6.45, 7) is 0.0700. The molecule has 0 amide bonds. The molecule has 1 saturated carbocycles. The monoisotopic (exact) mass is 245 g/mol. The van der Waals surface area contributed by atoms with Crippen molar-refractivity contribution in [3.63, 3.8) is 0 Å². The minimum atomic E-state index is -3.57. The molecule has 0 unspecified atom stereocenters. The van der Waals surface area contributed by atoms with Gasteiger partial charge in [-0.05, 0) is 25.3 Å². The molecule has 1 heterocycles. The van der Waals surface area contributed by atoms with Crippen molar-refractivity contribution in [2.24, 2.45) is 7.05 Å². The van der Waals surface area contributed by atoms with Crippen LogP contribution in [0.4, 0.5) is 0 Å². The van der Waals surface area contributed by atoms with E-state index in [4.69, 9.17) is 0 Å². The van der Waals surface area contributed by atoms with Gasteiger partial charge < -0.3 is 5.11 Å². The summed E-state index contributed by atoms with van der Waals surface area (Å²) in [7, 11) is -2.00. The standard InChI is InChI=1S/C9H15N3O3S/c1-12-8(3-6-10-12)16(14,15)11-7-9(13)4-2-5-9/h3,6,11,13H,2,4-5,7H2,1H3. The van der Waals surface area contributed by atoms with E-state index in [0.29, 0.717) is 12.8 Å². The van der Waals surface area contributed by atoms with E-state index >= 15 is 0 Å². The maximum atomic E-state index is 11.8. The summed E-state index contributed by atoms with van der Waals surface area (Å²) < 4.78 is 27.3. The Morgan fingerprint density at radius 1 is 1.62 bits per heavy atom. The average molecular weight is 245 g/mol. The largest absolute Gasteiger partial charge is 0.389 e. The van der Waals surface area contributed by atoms with Crippen molar-refractivity contribution in [2.75, 3.05) is 6.54 Å². The fourth-order valence-corrected chi connectivity index (χ4v) is 2.93. The average Bonchev–Trinajstić information content (AvgIpc) is 2.59. The highest BCUT2D eigenvalue weighted by Gasteiger charge is 2.35. The Kier molecular flexibility index (Phi) is 2.77. The molecule has 7 heteroatoms. The molecule has 0 spiro atoms. The number of rotatable bonds is 4. The van der Waals surface area contributed by atoms with E-state index in [2.05, 4.69) is 9.82 Å². The highest BCUT2D eigenvalue weighted by atomic mass is 32.2. The van der Waals surface area contributed by atoms with Crippen LogP contribution in [-0.2, 0) is 17.1 Å². The van der Waals surface area contributed by atoms with Gasteiger partial charge in [0, 0.05) is 13.6 Å². The highest BCUT2D eigenvalue weighted by Crippen LogP contribution is 2.30. The number of hydrogen-bond acceptors (Lipinski definition) is 4. The second-order valence-corrected chi connectivity index (χ2v) is 5.91. The lowest BCUT2D eigenvalue weighted by Gasteiger charge is -2.36. The second-order valence-electron chi connectivity index (χ2n) is 4.20. The van der Waals surface area contributed by atoms with Crippen molar-refractivity contribution in [1.29, 1.82) is 0 Å². The summed E-state index contributed by atoms with van der Waals surface area (Å²) in [4.78, 5) is 0. The van der Waals surface area contributed by atoms with Crippen LogP contribution in [0.15, 0.2) is 17.3 Å². The third kappa shape index (κ3) is 2.11. The number of nitrogens with one attached hydrogen (secondary N) is 1. The lowest BCUT2D eigenvalue weighted by atomic mass is 9.81. The van der Waals surface area contributed by atoms with Gasteiger partial charge in [-0.15, -0.1) is 0 Å². The Morgan fingerprint density at radius 2 is 2.31 bits per heavy atom. The summed E-state index contributed by atoms with van der Waals surface area (Å²) in [6, 6.07) is 1.42. The normalized spacial score (nSPS) is 19.4. The first-order chi connectivity index (χ1) is 7.43. The predicted molar refractivity (Wildman–Crippen MR) is 57.2 cm³/mol. The molecule has 90 valence electrons. The number of hydrogen-bond donors (Lipinski definition) is 2. The van der Waals surface area contributed by atoms with E-state index in [0.717, 1.165) is 6.42 Å². The molecule has 1 fully saturated rings. The minimum absolute atomic E-state index is 0.0700. The third-order valence-electron chi connectivity index (χ3n) is 2.93. The number of sulfonamides is 1. The molecule has 0 aliphatic heterocycles. The summed E-state index contributed by atoms with van der Waals surface area (Å²) in [5.41, 5.74) is -0.855. The van der Waals surface area contributed by atoms with Crippen molar-refractivity contribution in [3.05, 3.63) is 12.3 Å². The Bertz CT molecular complexity index is 476. The molecule has 16 heavy (non-hydrogen) atoms. The number of aryl methyl sites for hydroxylation is 1. The van der Waals surface area contributed by atoms with Gasteiger partial charge in [0.2, 0.25) is 0 Å². The van der Waals surface area contributed by atoms with Crippen LogP contribution in [0, 0.1) is 0 Å². The maximum absolute atomic E-state index is 11.8. The van der Waals surface area contributed by atoms with Crippen LogP contribution >= 0.6 is 0 Å². The van der Waals surface area contributed by atoms with Crippen molar-refractivity contribution < 1.29 is 13.5 Å².